The molecule has 0 heterocycles. The van der Waals surface area contributed by atoms with E-state index in [4.69, 9.17) is 0 Å². The van der Waals surface area contributed by atoms with E-state index >= 15 is 0 Å². The minimum Gasteiger partial charge on any atom is -0.356 e. The predicted octanol–water partition coefficient (Wildman–Crippen LogP) is 11.0. The van der Waals surface area contributed by atoms with E-state index in [1.165, 1.54) is 141 Å². The van der Waals surface area contributed by atoms with Crippen molar-refractivity contribution < 1.29 is 9.59 Å². The second kappa shape index (κ2) is 32.5. The molecule has 0 aliphatic carbocycles. The molecule has 4 heteroatoms. The van der Waals surface area contributed by atoms with Crippen LogP contribution in [-0.4, -0.2) is 24.4 Å². The molecule has 238 valence electrons. The lowest BCUT2D eigenvalue weighted by atomic mass is 10.0. The summed E-state index contributed by atoms with van der Waals surface area (Å²) in [5, 5.41) is 6.23. The van der Waals surface area contributed by atoms with Gasteiger partial charge in [0.15, 0.2) is 0 Å². The van der Waals surface area contributed by atoms with Gasteiger partial charge in [0.05, 0.1) is 0 Å². The highest BCUT2D eigenvalue weighted by molar-refractivity contribution is 5.76. The molecular formula is C36H72N2O2. The molecule has 0 spiro atoms. The summed E-state index contributed by atoms with van der Waals surface area (Å²) in [6, 6.07) is 0.224. The maximum absolute atomic E-state index is 12.2. The molecule has 0 saturated heterocycles. The Bertz CT molecular complexity index is 537. The van der Waals surface area contributed by atoms with Crippen LogP contribution in [0.25, 0.3) is 0 Å². The fourth-order valence-corrected chi connectivity index (χ4v) is 5.56. The standard InChI is InChI=1S/C36H72N2O2/c1-4-6-8-10-12-14-16-17-19-21-23-25-27-32-36(40)38-34(3)30-28-29-33-37-35(39)31-26-24-22-20-18-15-13-11-9-7-5-2/h34H,4-33H2,1-3H3,(H,37,39)(H,38,40)/t34-/m1/s1. The van der Waals surface area contributed by atoms with Gasteiger partial charge < -0.3 is 10.6 Å². The third-order valence-electron chi connectivity index (χ3n) is 8.31. The normalized spacial score (nSPS) is 12.0. The van der Waals surface area contributed by atoms with Gasteiger partial charge in [-0.15, -0.1) is 0 Å². The van der Waals surface area contributed by atoms with Crippen molar-refractivity contribution in [3.8, 4) is 0 Å². The summed E-state index contributed by atoms with van der Waals surface area (Å²) < 4.78 is 0. The number of hydrogen-bond acceptors (Lipinski definition) is 2. The first-order valence-electron chi connectivity index (χ1n) is 18.2. The molecule has 40 heavy (non-hydrogen) atoms. The Hall–Kier alpha value is -1.06. The molecule has 0 fully saturated rings. The molecule has 0 unspecified atom stereocenters. The monoisotopic (exact) mass is 565 g/mol. The minimum atomic E-state index is 0.204. The van der Waals surface area contributed by atoms with Crippen LogP contribution in [0.1, 0.15) is 207 Å². The lowest BCUT2D eigenvalue weighted by molar-refractivity contribution is -0.122. The summed E-state index contributed by atoms with van der Waals surface area (Å²) in [6.07, 6.45) is 36.1. The highest BCUT2D eigenvalue weighted by Gasteiger charge is 2.07. The lowest BCUT2D eigenvalue weighted by Crippen LogP contribution is -2.32. The van der Waals surface area contributed by atoms with Gasteiger partial charge in [-0.25, -0.2) is 0 Å². The van der Waals surface area contributed by atoms with Crippen molar-refractivity contribution in [2.24, 2.45) is 0 Å². The van der Waals surface area contributed by atoms with Gasteiger partial charge >= 0.3 is 0 Å². The number of amides is 2. The van der Waals surface area contributed by atoms with Gasteiger partial charge in [0.1, 0.15) is 0 Å². The molecule has 0 rings (SSSR count). The molecule has 0 aliphatic heterocycles. The maximum atomic E-state index is 12.2. The van der Waals surface area contributed by atoms with Gasteiger partial charge in [0, 0.05) is 25.4 Å². The fraction of sp³-hybridized carbons (Fsp3) is 0.944. The molecule has 2 amide bonds. The molecule has 0 aliphatic rings. The summed E-state index contributed by atoms with van der Waals surface area (Å²) in [5.41, 5.74) is 0. The van der Waals surface area contributed by atoms with E-state index in [9.17, 15) is 9.59 Å². The smallest absolute Gasteiger partial charge is 0.220 e. The maximum Gasteiger partial charge on any atom is 0.220 e. The van der Waals surface area contributed by atoms with E-state index in [1.54, 1.807) is 0 Å². The van der Waals surface area contributed by atoms with E-state index in [2.05, 4.69) is 31.4 Å². The Kier molecular flexibility index (Phi) is 31.6. The van der Waals surface area contributed by atoms with Crippen molar-refractivity contribution in [1.29, 1.82) is 0 Å². The Morgan fingerprint density at radius 3 is 1.20 bits per heavy atom. The highest BCUT2D eigenvalue weighted by atomic mass is 16.2. The number of unbranched alkanes of at least 4 members (excludes halogenated alkanes) is 23. The minimum absolute atomic E-state index is 0.204. The third kappa shape index (κ3) is 31.5. The van der Waals surface area contributed by atoms with E-state index in [-0.39, 0.29) is 17.9 Å². The second-order valence-corrected chi connectivity index (χ2v) is 12.6. The van der Waals surface area contributed by atoms with Gasteiger partial charge in [-0.05, 0) is 39.0 Å². The topological polar surface area (TPSA) is 58.2 Å². The Balaban J connectivity index is 3.38. The van der Waals surface area contributed by atoms with Crippen LogP contribution in [0, 0.1) is 0 Å². The van der Waals surface area contributed by atoms with E-state index in [0.717, 1.165) is 38.6 Å². The van der Waals surface area contributed by atoms with Gasteiger partial charge in [-0.3, -0.25) is 9.59 Å². The number of nitrogens with one attached hydrogen (secondary N) is 2. The first-order valence-corrected chi connectivity index (χ1v) is 18.2. The molecule has 0 aromatic rings. The molecule has 2 N–H and O–H groups in total. The first-order chi connectivity index (χ1) is 19.6. The van der Waals surface area contributed by atoms with Crippen molar-refractivity contribution in [3.63, 3.8) is 0 Å². The molecular weight excluding hydrogens is 492 g/mol. The van der Waals surface area contributed by atoms with Gasteiger partial charge in [0.25, 0.3) is 0 Å². The number of hydrogen-bond donors (Lipinski definition) is 2. The molecule has 0 radical (unpaired) electrons. The van der Waals surface area contributed by atoms with Crippen LogP contribution in [-0.2, 0) is 9.59 Å². The van der Waals surface area contributed by atoms with Crippen molar-refractivity contribution >= 4 is 11.8 Å². The quantitative estimate of drug-likeness (QED) is 0.0798. The first kappa shape index (κ1) is 38.9. The van der Waals surface area contributed by atoms with E-state index < -0.39 is 0 Å². The average molecular weight is 565 g/mol. The average Bonchev–Trinajstić information content (AvgIpc) is 2.94. The third-order valence-corrected chi connectivity index (χ3v) is 8.31. The molecule has 4 nitrogen and oxygen atoms in total. The van der Waals surface area contributed by atoms with Crippen molar-refractivity contribution in [2.75, 3.05) is 6.54 Å². The van der Waals surface area contributed by atoms with Crippen LogP contribution in [0.4, 0.5) is 0 Å². The zero-order chi connectivity index (χ0) is 29.4. The summed E-state index contributed by atoms with van der Waals surface area (Å²) in [6.45, 7) is 7.41. The van der Waals surface area contributed by atoms with Gasteiger partial charge in [-0.2, -0.15) is 0 Å². The molecule has 0 saturated carbocycles. The molecule has 0 aromatic heterocycles. The largest absolute Gasteiger partial charge is 0.356 e. The van der Waals surface area contributed by atoms with E-state index in [0.29, 0.717) is 12.8 Å². The molecule has 0 aromatic carbocycles. The lowest BCUT2D eigenvalue weighted by Gasteiger charge is -2.14. The predicted molar refractivity (Wildman–Crippen MR) is 176 cm³/mol. The Morgan fingerprint density at radius 1 is 0.450 bits per heavy atom. The number of carbonyl (C=O) groups excluding carboxylic acids is 2. The highest BCUT2D eigenvalue weighted by Crippen LogP contribution is 2.14. The summed E-state index contributed by atoms with van der Waals surface area (Å²) in [4.78, 5) is 24.3. The molecule has 1 atom stereocenters. The second-order valence-electron chi connectivity index (χ2n) is 12.6. The zero-order valence-corrected chi connectivity index (χ0v) is 27.6. The van der Waals surface area contributed by atoms with Gasteiger partial charge in [0.2, 0.25) is 11.8 Å². The SMILES string of the molecule is CCCCCCCCCCCCCCCC(=O)N[C@H](C)CCCCNC(=O)CCCCCCCCCCCCC. The molecule has 0 bridgehead atoms. The van der Waals surface area contributed by atoms with Crippen LogP contribution in [0.3, 0.4) is 0 Å². The van der Waals surface area contributed by atoms with Crippen molar-refractivity contribution in [1.82, 2.24) is 10.6 Å². The Morgan fingerprint density at radius 2 is 0.800 bits per heavy atom. The zero-order valence-electron chi connectivity index (χ0n) is 27.6. The van der Waals surface area contributed by atoms with Crippen LogP contribution in [0.15, 0.2) is 0 Å². The van der Waals surface area contributed by atoms with E-state index in [1.807, 2.05) is 0 Å². The van der Waals surface area contributed by atoms with Crippen LogP contribution in [0.5, 0.6) is 0 Å². The Labute approximate surface area is 251 Å². The van der Waals surface area contributed by atoms with Crippen LogP contribution < -0.4 is 10.6 Å². The summed E-state index contributed by atoms with van der Waals surface area (Å²) in [5.74, 6) is 0.408. The summed E-state index contributed by atoms with van der Waals surface area (Å²) >= 11 is 0. The van der Waals surface area contributed by atoms with Crippen LogP contribution in [0.2, 0.25) is 0 Å². The number of carbonyl (C=O) groups is 2. The van der Waals surface area contributed by atoms with Crippen LogP contribution >= 0.6 is 0 Å². The van der Waals surface area contributed by atoms with Crippen molar-refractivity contribution in [3.05, 3.63) is 0 Å². The van der Waals surface area contributed by atoms with Crippen molar-refractivity contribution in [2.45, 2.75) is 213 Å². The van der Waals surface area contributed by atoms with Gasteiger partial charge in [-0.1, -0.05) is 155 Å². The summed E-state index contributed by atoms with van der Waals surface area (Å²) in [7, 11) is 0. The number of rotatable bonds is 32. The fourth-order valence-electron chi connectivity index (χ4n) is 5.56.